The van der Waals surface area contributed by atoms with Crippen molar-refractivity contribution in [3.05, 3.63) is 52.1 Å². The minimum atomic E-state index is -0.364. The number of thioether (sulfide) groups is 1. The molecule has 0 saturated heterocycles. The second-order valence-corrected chi connectivity index (χ2v) is 6.57. The van der Waals surface area contributed by atoms with E-state index in [-0.39, 0.29) is 46.0 Å². The molecular formula is C16H19FN4O2S. The van der Waals surface area contributed by atoms with Gasteiger partial charge in [0.05, 0.1) is 11.8 Å². The van der Waals surface area contributed by atoms with Crippen LogP contribution in [0.1, 0.15) is 25.5 Å². The Hall–Kier alpha value is -2.35. The summed E-state index contributed by atoms with van der Waals surface area (Å²) in [6.07, 6.45) is 0. The van der Waals surface area contributed by atoms with E-state index >= 15 is 0 Å². The molecule has 0 aliphatic heterocycles. The number of nitrogens with one attached hydrogen (secondary N) is 2. The molecule has 24 heavy (non-hydrogen) atoms. The predicted molar refractivity (Wildman–Crippen MR) is 92.1 cm³/mol. The summed E-state index contributed by atoms with van der Waals surface area (Å²) in [6.45, 7) is 3.94. The van der Waals surface area contributed by atoms with Crippen molar-refractivity contribution in [3.8, 4) is 0 Å². The molecule has 4 N–H and O–H groups in total. The molecule has 8 heteroatoms. The van der Waals surface area contributed by atoms with Gasteiger partial charge >= 0.3 is 0 Å². The molecule has 0 saturated carbocycles. The van der Waals surface area contributed by atoms with Crippen LogP contribution < -0.4 is 16.6 Å². The van der Waals surface area contributed by atoms with Gasteiger partial charge in [-0.15, -0.1) is 0 Å². The second kappa shape index (κ2) is 7.96. The number of aromatic nitrogens is 2. The van der Waals surface area contributed by atoms with Crippen molar-refractivity contribution in [3.63, 3.8) is 0 Å². The van der Waals surface area contributed by atoms with E-state index in [1.807, 2.05) is 13.8 Å². The maximum absolute atomic E-state index is 13.1. The van der Waals surface area contributed by atoms with Crippen LogP contribution in [0.15, 0.2) is 40.3 Å². The first kappa shape index (κ1) is 18.0. The highest BCUT2D eigenvalue weighted by Gasteiger charge is 2.18. The molecule has 0 radical (unpaired) electrons. The fourth-order valence-electron chi connectivity index (χ4n) is 2.18. The molecule has 128 valence electrons. The molecule has 0 bridgehead atoms. The Bertz CT molecular complexity index is 761. The first-order valence-electron chi connectivity index (χ1n) is 7.39. The number of nitrogens with zero attached hydrogens (tertiary/aromatic N) is 1. The predicted octanol–water partition coefficient (Wildman–Crippen LogP) is 2.10. The lowest BCUT2D eigenvalue weighted by Crippen LogP contribution is -2.33. The second-order valence-electron chi connectivity index (χ2n) is 5.60. The van der Waals surface area contributed by atoms with Crippen molar-refractivity contribution in [1.82, 2.24) is 15.3 Å². The molecule has 1 atom stereocenters. The zero-order valence-corrected chi connectivity index (χ0v) is 14.2. The summed E-state index contributed by atoms with van der Waals surface area (Å²) in [4.78, 5) is 30.0. The summed E-state index contributed by atoms with van der Waals surface area (Å²) in [6, 6.07) is 6.99. The minimum absolute atomic E-state index is 0.0802. The van der Waals surface area contributed by atoms with Crippen molar-refractivity contribution in [2.24, 2.45) is 5.92 Å². The molecule has 1 aromatic carbocycles. The lowest BCUT2D eigenvalue weighted by molar-refractivity contribution is -0.119. The molecule has 1 aromatic heterocycles. The molecule has 1 amide bonds. The Kier molecular flexibility index (Phi) is 5.97. The summed E-state index contributed by atoms with van der Waals surface area (Å²) in [5.41, 5.74) is 5.97. The van der Waals surface area contributed by atoms with Crippen LogP contribution in [0.25, 0.3) is 0 Å². The molecule has 6 nitrogen and oxygen atoms in total. The number of hydrogen-bond acceptors (Lipinski definition) is 5. The van der Waals surface area contributed by atoms with E-state index in [1.165, 1.54) is 18.2 Å². The molecule has 0 spiro atoms. The Balaban J connectivity index is 2.00. The van der Waals surface area contributed by atoms with Gasteiger partial charge < -0.3 is 16.0 Å². The highest BCUT2D eigenvalue weighted by atomic mass is 32.2. The van der Waals surface area contributed by atoms with E-state index in [1.54, 1.807) is 12.1 Å². The van der Waals surface area contributed by atoms with E-state index in [0.29, 0.717) is 0 Å². The van der Waals surface area contributed by atoms with Crippen molar-refractivity contribution < 1.29 is 9.18 Å². The summed E-state index contributed by atoms with van der Waals surface area (Å²) in [5, 5.41) is 3.21. The Morgan fingerprint density at radius 2 is 2.04 bits per heavy atom. The lowest BCUT2D eigenvalue weighted by atomic mass is 9.96. The quantitative estimate of drug-likeness (QED) is 0.547. The van der Waals surface area contributed by atoms with Crippen LogP contribution in [0.3, 0.4) is 0 Å². The van der Waals surface area contributed by atoms with Gasteiger partial charge in [0, 0.05) is 6.07 Å². The molecule has 1 heterocycles. The van der Waals surface area contributed by atoms with Crippen molar-refractivity contribution in [2.45, 2.75) is 25.0 Å². The maximum atomic E-state index is 13.1. The van der Waals surface area contributed by atoms with Crippen LogP contribution in [0.4, 0.5) is 10.2 Å². The van der Waals surface area contributed by atoms with E-state index in [4.69, 9.17) is 5.73 Å². The van der Waals surface area contributed by atoms with Gasteiger partial charge in [0.25, 0.3) is 5.56 Å². The van der Waals surface area contributed by atoms with Crippen LogP contribution in [0, 0.1) is 11.7 Å². The average Bonchev–Trinajstić information content (AvgIpc) is 2.50. The maximum Gasteiger partial charge on any atom is 0.253 e. The first-order chi connectivity index (χ1) is 11.3. The number of carbonyl (C=O) groups is 1. The van der Waals surface area contributed by atoms with Crippen molar-refractivity contribution >= 4 is 23.5 Å². The zero-order valence-electron chi connectivity index (χ0n) is 13.4. The van der Waals surface area contributed by atoms with Gasteiger partial charge in [-0.2, -0.15) is 0 Å². The fraction of sp³-hybridized carbons (Fsp3) is 0.312. The molecular weight excluding hydrogens is 331 g/mol. The van der Waals surface area contributed by atoms with E-state index in [0.717, 1.165) is 17.3 Å². The summed E-state index contributed by atoms with van der Waals surface area (Å²) in [5.74, 6) is -0.216. The molecule has 0 aliphatic carbocycles. The lowest BCUT2D eigenvalue weighted by Gasteiger charge is -2.23. The third-order valence-electron chi connectivity index (χ3n) is 3.29. The molecule has 2 rings (SSSR count). The third kappa shape index (κ3) is 5.09. The van der Waals surface area contributed by atoms with Gasteiger partial charge in [0.2, 0.25) is 5.91 Å². The number of nitrogen functional groups attached to an aromatic ring is 1. The number of benzene rings is 1. The van der Waals surface area contributed by atoms with E-state index in [2.05, 4.69) is 15.3 Å². The topological polar surface area (TPSA) is 101 Å². The Labute approximate surface area is 143 Å². The van der Waals surface area contributed by atoms with Crippen LogP contribution in [0.5, 0.6) is 0 Å². The van der Waals surface area contributed by atoms with Gasteiger partial charge in [-0.3, -0.25) is 9.59 Å². The van der Waals surface area contributed by atoms with Crippen LogP contribution in [-0.2, 0) is 4.79 Å². The molecule has 0 aliphatic rings. The highest BCUT2D eigenvalue weighted by molar-refractivity contribution is 7.99. The summed E-state index contributed by atoms with van der Waals surface area (Å²) in [7, 11) is 0. The molecule has 0 fully saturated rings. The number of nitrogens with two attached hydrogens (primary N) is 1. The van der Waals surface area contributed by atoms with Gasteiger partial charge in [0.1, 0.15) is 11.6 Å². The summed E-state index contributed by atoms with van der Waals surface area (Å²) >= 11 is 1.09. The standard InChI is InChI=1S/C16H19FN4O2S/c1-9(2)15(10-3-5-11(17)6-4-10)20-14(23)8-24-16-19-12(18)7-13(22)21-16/h3-7,9,15H,8H2,1-2H3,(H,20,23)(H3,18,19,21,22)/t15-/m0/s1. The van der Waals surface area contributed by atoms with Gasteiger partial charge in [0.15, 0.2) is 5.16 Å². The van der Waals surface area contributed by atoms with Gasteiger partial charge in [-0.1, -0.05) is 37.7 Å². The van der Waals surface area contributed by atoms with Crippen LogP contribution >= 0.6 is 11.8 Å². The Morgan fingerprint density at radius 1 is 1.38 bits per heavy atom. The number of carbonyl (C=O) groups excluding carboxylic acids is 1. The minimum Gasteiger partial charge on any atom is -0.383 e. The monoisotopic (exact) mass is 350 g/mol. The molecule has 2 aromatic rings. The van der Waals surface area contributed by atoms with Crippen LogP contribution in [-0.4, -0.2) is 21.6 Å². The van der Waals surface area contributed by atoms with Gasteiger partial charge in [-0.25, -0.2) is 9.37 Å². The normalized spacial score (nSPS) is 12.2. The van der Waals surface area contributed by atoms with Crippen molar-refractivity contribution in [2.75, 3.05) is 11.5 Å². The van der Waals surface area contributed by atoms with E-state index in [9.17, 15) is 14.0 Å². The third-order valence-corrected chi connectivity index (χ3v) is 4.17. The van der Waals surface area contributed by atoms with Gasteiger partial charge in [-0.05, 0) is 23.6 Å². The number of H-pyrrole nitrogens is 1. The SMILES string of the molecule is CC(C)[C@H](NC(=O)CSc1nc(N)cc(=O)[nH]1)c1ccc(F)cc1. The number of aromatic amines is 1. The smallest absolute Gasteiger partial charge is 0.253 e. The highest BCUT2D eigenvalue weighted by Crippen LogP contribution is 2.22. The number of anilines is 1. The van der Waals surface area contributed by atoms with E-state index < -0.39 is 0 Å². The fourth-order valence-corrected chi connectivity index (χ4v) is 2.87. The average molecular weight is 350 g/mol. The van der Waals surface area contributed by atoms with Crippen LogP contribution in [0.2, 0.25) is 0 Å². The van der Waals surface area contributed by atoms with Crippen molar-refractivity contribution in [1.29, 1.82) is 0 Å². The number of halogens is 1. The zero-order chi connectivity index (χ0) is 17.7. The molecule has 0 unspecified atom stereocenters. The number of rotatable bonds is 6. The largest absolute Gasteiger partial charge is 0.383 e. The summed E-state index contributed by atoms with van der Waals surface area (Å²) < 4.78 is 13.1. The number of amides is 1. The Morgan fingerprint density at radius 3 is 2.62 bits per heavy atom. The number of hydrogen-bond donors (Lipinski definition) is 3. The first-order valence-corrected chi connectivity index (χ1v) is 8.38.